The van der Waals surface area contributed by atoms with Crippen molar-refractivity contribution in [2.24, 2.45) is 0 Å². The number of nitrogen functional groups attached to an aromatic ring is 1. The average Bonchev–Trinajstić information content (AvgIpc) is 2.73. The molecular weight excluding hydrogens is 372 g/mol. The van der Waals surface area contributed by atoms with Gasteiger partial charge in [0.1, 0.15) is 16.8 Å². The summed E-state index contributed by atoms with van der Waals surface area (Å²) in [5, 5.41) is 9.25. The summed E-state index contributed by atoms with van der Waals surface area (Å²) in [5.74, 6) is 0.236. The first-order valence-corrected chi connectivity index (χ1v) is 9.00. The van der Waals surface area contributed by atoms with Crippen LogP contribution in [0, 0.1) is 0 Å². The molecule has 9 heteroatoms. The number of halogens is 1. The van der Waals surface area contributed by atoms with Gasteiger partial charge < -0.3 is 15.7 Å². The third-order valence-electron chi connectivity index (χ3n) is 4.28. The number of fused-ring (bicyclic) bond motifs is 2. The number of anilines is 1. The summed E-state index contributed by atoms with van der Waals surface area (Å²) in [6.07, 6.45) is 3.81. The molecule has 2 aliphatic heterocycles. The van der Waals surface area contributed by atoms with Gasteiger partial charge in [-0.25, -0.2) is 18.7 Å². The second-order valence-electron chi connectivity index (χ2n) is 5.67. The van der Waals surface area contributed by atoms with E-state index in [0.717, 1.165) is 12.8 Å². The van der Waals surface area contributed by atoms with Crippen LogP contribution < -0.4 is 10.5 Å². The highest BCUT2D eigenvalue weighted by Crippen LogP contribution is 2.36. The van der Waals surface area contributed by atoms with Crippen LogP contribution in [0.4, 0.5) is 10.6 Å². The monoisotopic (exact) mass is 388 g/mol. The van der Waals surface area contributed by atoms with Gasteiger partial charge in [0.05, 0.1) is 4.90 Å². The number of nitrogens with one attached hydrogen (secondary N) is 1. The largest absolute Gasteiger partial charge is 0.465 e. The summed E-state index contributed by atoms with van der Waals surface area (Å²) in [4.78, 5) is 17.2. The standard InChI is InChI=1S/C13H17BrN4O3S/c14-7-3-11(12(15)16-6-7)22(21)17-8-4-9-1-2-10(5-8)18(9)13(19)20/h3,6,8-10,17H,1-2,4-5H2,(H2,15,16)(H,19,20). The highest BCUT2D eigenvalue weighted by Gasteiger charge is 2.43. The van der Waals surface area contributed by atoms with Crippen molar-refractivity contribution in [2.45, 2.75) is 48.7 Å². The Morgan fingerprint density at radius 2 is 2.09 bits per heavy atom. The van der Waals surface area contributed by atoms with E-state index in [1.807, 2.05) is 0 Å². The molecule has 1 aromatic heterocycles. The van der Waals surface area contributed by atoms with E-state index in [0.29, 0.717) is 22.2 Å². The number of aromatic nitrogens is 1. The molecule has 2 saturated heterocycles. The van der Waals surface area contributed by atoms with Crippen molar-refractivity contribution in [1.29, 1.82) is 0 Å². The number of nitrogens with zero attached hydrogens (tertiary/aromatic N) is 2. The molecule has 22 heavy (non-hydrogen) atoms. The van der Waals surface area contributed by atoms with Gasteiger partial charge in [-0.2, -0.15) is 0 Å². The summed E-state index contributed by atoms with van der Waals surface area (Å²) in [6, 6.07) is 1.74. The molecule has 7 nitrogen and oxygen atoms in total. The van der Waals surface area contributed by atoms with E-state index >= 15 is 0 Å². The number of carbonyl (C=O) groups is 1. The van der Waals surface area contributed by atoms with Crippen LogP contribution in [0.15, 0.2) is 21.6 Å². The molecule has 0 aromatic carbocycles. The number of carboxylic acid groups (broad SMARTS) is 1. The van der Waals surface area contributed by atoms with Gasteiger partial charge in [-0.3, -0.25) is 0 Å². The number of piperidine rings is 1. The number of hydrogen-bond donors (Lipinski definition) is 3. The Morgan fingerprint density at radius 1 is 1.45 bits per heavy atom. The van der Waals surface area contributed by atoms with Gasteiger partial charge in [-0.15, -0.1) is 0 Å². The second-order valence-corrected chi connectivity index (χ2v) is 7.80. The maximum Gasteiger partial charge on any atom is 0.407 e. The van der Waals surface area contributed by atoms with E-state index in [9.17, 15) is 14.1 Å². The van der Waals surface area contributed by atoms with Crippen LogP contribution in [-0.2, 0) is 11.0 Å². The number of rotatable bonds is 3. The third-order valence-corrected chi connectivity index (χ3v) is 5.98. The normalized spacial score (nSPS) is 28.6. The van der Waals surface area contributed by atoms with Gasteiger partial charge in [0.15, 0.2) is 0 Å². The van der Waals surface area contributed by atoms with Gasteiger partial charge in [0.2, 0.25) is 0 Å². The minimum Gasteiger partial charge on any atom is -0.465 e. The SMILES string of the molecule is Nc1ncc(Br)cc1S(=O)NC1CC2CCC(C1)N2C(=O)O. The molecule has 3 heterocycles. The Morgan fingerprint density at radius 3 is 2.68 bits per heavy atom. The zero-order valence-corrected chi connectivity index (χ0v) is 14.1. The molecule has 0 saturated carbocycles. The molecule has 2 bridgehead atoms. The molecule has 0 aliphatic carbocycles. The number of amides is 1. The molecule has 1 aromatic rings. The van der Waals surface area contributed by atoms with Crippen molar-refractivity contribution >= 4 is 38.8 Å². The fourth-order valence-corrected chi connectivity index (χ4v) is 4.96. The molecule has 0 spiro atoms. The van der Waals surface area contributed by atoms with Crippen LogP contribution in [-0.4, -0.2) is 43.4 Å². The van der Waals surface area contributed by atoms with Crippen molar-refractivity contribution in [3.63, 3.8) is 0 Å². The lowest BCUT2D eigenvalue weighted by Crippen LogP contribution is -2.51. The highest BCUT2D eigenvalue weighted by molar-refractivity contribution is 9.10. The zero-order chi connectivity index (χ0) is 15.9. The lowest BCUT2D eigenvalue weighted by Gasteiger charge is -2.37. The van der Waals surface area contributed by atoms with E-state index in [4.69, 9.17) is 5.73 Å². The third kappa shape index (κ3) is 2.97. The molecule has 1 amide bonds. The van der Waals surface area contributed by atoms with Crippen molar-refractivity contribution in [1.82, 2.24) is 14.6 Å². The molecule has 0 radical (unpaired) electrons. The van der Waals surface area contributed by atoms with Crippen LogP contribution in [0.25, 0.3) is 0 Å². The molecule has 3 atom stereocenters. The van der Waals surface area contributed by atoms with Crippen LogP contribution in [0.3, 0.4) is 0 Å². The molecule has 120 valence electrons. The summed E-state index contributed by atoms with van der Waals surface area (Å²) in [6.45, 7) is 0. The minimum absolute atomic E-state index is 0.0173. The van der Waals surface area contributed by atoms with E-state index in [2.05, 4.69) is 25.6 Å². The van der Waals surface area contributed by atoms with Crippen LogP contribution in [0.2, 0.25) is 0 Å². The van der Waals surface area contributed by atoms with Gasteiger partial charge in [0.25, 0.3) is 0 Å². The number of nitrogens with two attached hydrogens (primary N) is 1. The van der Waals surface area contributed by atoms with E-state index in [-0.39, 0.29) is 23.9 Å². The summed E-state index contributed by atoms with van der Waals surface area (Å²) < 4.78 is 16.3. The van der Waals surface area contributed by atoms with Crippen LogP contribution in [0.5, 0.6) is 0 Å². The second kappa shape index (κ2) is 6.13. The summed E-state index contributed by atoms with van der Waals surface area (Å²) in [7, 11) is -1.46. The summed E-state index contributed by atoms with van der Waals surface area (Å²) in [5.41, 5.74) is 5.77. The maximum atomic E-state index is 12.5. The zero-order valence-electron chi connectivity index (χ0n) is 11.7. The Hall–Kier alpha value is -1.19. The van der Waals surface area contributed by atoms with Gasteiger partial charge in [0, 0.05) is 28.8 Å². The number of pyridine rings is 1. The Labute approximate surface area is 139 Å². The lowest BCUT2D eigenvalue weighted by atomic mass is 9.99. The predicted octanol–water partition coefficient (Wildman–Crippen LogP) is 1.71. The quantitative estimate of drug-likeness (QED) is 0.730. The molecule has 2 aliphatic rings. The van der Waals surface area contributed by atoms with Gasteiger partial charge in [-0.05, 0) is 47.7 Å². The van der Waals surface area contributed by atoms with Crippen molar-refractivity contribution in [2.75, 3.05) is 5.73 Å². The molecule has 2 fully saturated rings. The van der Waals surface area contributed by atoms with Crippen molar-refractivity contribution in [3.05, 3.63) is 16.7 Å². The molecule has 3 rings (SSSR count). The van der Waals surface area contributed by atoms with Crippen molar-refractivity contribution in [3.8, 4) is 0 Å². The molecule has 4 N–H and O–H groups in total. The lowest BCUT2D eigenvalue weighted by molar-refractivity contribution is 0.0955. The fourth-order valence-electron chi connectivity index (χ4n) is 3.38. The van der Waals surface area contributed by atoms with Gasteiger partial charge in [-0.1, -0.05) is 0 Å². The Kier molecular flexibility index (Phi) is 4.37. The average molecular weight is 389 g/mol. The molecule has 3 unspecified atom stereocenters. The minimum atomic E-state index is -1.46. The van der Waals surface area contributed by atoms with Crippen LogP contribution >= 0.6 is 15.9 Å². The van der Waals surface area contributed by atoms with E-state index < -0.39 is 17.1 Å². The van der Waals surface area contributed by atoms with Crippen molar-refractivity contribution < 1.29 is 14.1 Å². The maximum absolute atomic E-state index is 12.5. The topological polar surface area (TPSA) is 109 Å². The summed E-state index contributed by atoms with van der Waals surface area (Å²) >= 11 is 3.29. The first kappa shape index (κ1) is 15.7. The first-order valence-electron chi connectivity index (χ1n) is 7.06. The first-order chi connectivity index (χ1) is 10.5. The highest BCUT2D eigenvalue weighted by atomic mass is 79.9. The Bertz CT molecular complexity index is 615. The number of hydrogen-bond acceptors (Lipinski definition) is 4. The fraction of sp³-hybridized carbons (Fsp3) is 0.538. The Balaban J connectivity index is 1.69. The van der Waals surface area contributed by atoms with E-state index in [1.54, 1.807) is 17.2 Å². The smallest absolute Gasteiger partial charge is 0.407 e. The predicted molar refractivity (Wildman–Crippen MR) is 85.6 cm³/mol. The van der Waals surface area contributed by atoms with E-state index in [1.165, 1.54) is 0 Å². The molecular formula is C13H17BrN4O3S. The van der Waals surface area contributed by atoms with Gasteiger partial charge >= 0.3 is 6.09 Å². The van der Waals surface area contributed by atoms with Crippen LogP contribution in [0.1, 0.15) is 25.7 Å².